The Balaban J connectivity index is 4.03. The predicted octanol–water partition coefficient (Wildman–Crippen LogP) is 8.82. The van der Waals surface area contributed by atoms with Gasteiger partial charge in [-0.15, -0.1) is 0 Å². The van der Waals surface area contributed by atoms with Gasteiger partial charge in [0.2, 0.25) is 0 Å². The number of carbonyl (C=O) groups excluding carboxylic acids is 2. The van der Waals surface area contributed by atoms with Crippen LogP contribution in [0.25, 0.3) is 0 Å². The fourth-order valence-electron chi connectivity index (χ4n) is 4.21. The molecule has 2 unspecified atom stereocenters. The summed E-state index contributed by atoms with van der Waals surface area (Å²) < 4.78 is 32.2. The van der Waals surface area contributed by atoms with Crippen molar-refractivity contribution >= 4 is 19.8 Å². The number of esters is 2. The first-order valence-electron chi connectivity index (χ1n) is 17.1. The van der Waals surface area contributed by atoms with Crippen LogP contribution in [0, 0.1) is 0 Å². The molecule has 45 heavy (non-hydrogen) atoms. The maximum absolute atomic E-state index is 12.4. The molecule has 0 aliphatic heterocycles. The summed E-state index contributed by atoms with van der Waals surface area (Å²) in [6.07, 6.45) is 33.7. The van der Waals surface area contributed by atoms with Crippen molar-refractivity contribution in [3.8, 4) is 0 Å². The maximum atomic E-state index is 12.4. The molecule has 0 amide bonds. The van der Waals surface area contributed by atoms with Gasteiger partial charge in [-0.3, -0.25) is 18.6 Å². The minimum absolute atomic E-state index is 0.0500. The van der Waals surface area contributed by atoms with Crippen LogP contribution in [-0.4, -0.2) is 49.3 Å². The molecule has 0 heterocycles. The quantitative estimate of drug-likeness (QED) is 0.0325. The van der Waals surface area contributed by atoms with Crippen molar-refractivity contribution in [2.75, 3.05) is 26.4 Å². The van der Waals surface area contributed by atoms with E-state index in [9.17, 15) is 19.0 Å². The lowest BCUT2D eigenvalue weighted by atomic mass is 10.1. The Morgan fingerprint density at radius 3 is 1.82 bits per heavy atom. The van der Waals surface area contributed by atoms with Gasteiger partial charge < -0.3 is 20.1 Å². The number of nitrogens with two attached hydrogens (primary N) is 1. The van der Waals surface area contributed by atoms with Crippen LogP contribution in [0.1, 0.15) is 129 Å². The molecule has 10 heteroatoms. The Bertz CT molecular complexity index is 887. The number of ether oxygens (including phenoxy) is 2. The van der Waals surface area contributed by atoms with Crippen LogP contribution in [0.5, 0.6) is 0 Å². The summed E-state index contributed by atoms with van der Waals surface area (Å²) in [4.78, 5) is 34.1. The van der Waals surface area contributed by atoms with E-state index in [0.29, 0.717) is 12.8 Å². The summed E-state index contributed by atoms with van der Waals surface area (Å²) in [7, 11) is -4.36. The smallest absolute Gasteiger partial charge is 0.462 e. The first-order chi connectivity index (χ1) is 21.8. The molecule has 260 valence electrons. The minimum atomic E-state index is -4.36. The molecule has 0 rings (SSSR count). The molecule has 0 aromatic heterocycles. The van der Waals surface area contributed by atoms with Crippen molar-refractivity contribution in [2.45, 2.75) is 136 Å². The van der Waals surface area contributed by atoms with Gasteiger partial charge in [-0.2, -0.15) is 0 Å². The monoisotopic (exact) mass is 655 g/mol. The molecule has 0 saturated heterocycles. The molecule has 9 nitrogen and oxygen atoms in total. The largest absolute Gasteiger partial charge is 0.472 e. The van der Waals surface area contributed by atoms with Gasteiger partial charge in [-0.1, -0.05) is 114 Å². The zero-order valence-electron chi connectivity index (χ0n) is 28.1. The van der Waals surface area contributed by atoms with Crippen LogP contribution in [0.3, 0.4) is 0 Å². The lowest BCUT2D eigenvalue weighted by molar-refractivity contribution is -0.161. The molecular formula is C35H62NO8P. The highest BCUT2D eigenvalue weighted by atomic mass is 31.2. The highest BCUT2D eigenvalue weighted by molar-refractivity contribution is 7.47. The third-order valence-corrected chi connectivity index (χ3v) is 7.71. The SMILES string of the molecule is CC/C=C\C/C=C\C/C=C\C/C=C\CCCCCCCCCCC(=O)OC(COC(=O)CCCCC)COP(=O)(O)OCCN. The van der Waals surface area contributed by atoms with Crippen LogP contribution in [0.4, 0.5) is 0 Å². The van der Waals surface area contributed by atoms with E-state index in [0.717, 1.165) is 64.2 Å². The Morgan fingerprint density at radius 2 is 1.22 bits per heavy atom. The molecule has 0 aromatic rings. The van der Waals surface area contributed by atoms with Crippen molar-refractivity contribution in [3.63, 3.8) is 0 Å². The second kappa shape index (κ2) is 31.9. The van der Waals surface area contributed by atoms with Gasteiger partial charge in [-0.05, 0) is 51.4 Å². The molecule has 0 saturated carbocycles. The fourth-order valence-corrected chi connectivity index (χ4v) is 4.98. The second-order valence-corrected chi connectivity index (χ2v) is 12.5. The molecular weight excluding hydrogens is 593 g/mol. The maximum Gasteiger partial charge on any atom is 0.472 e. The van der Waals surface area contributed by atoms with Gasteiger partial charge in [0.25, 0.3) is 0 Å². The highest BCUT2D eigenvalue weighted by Crippen LogP contribution is 2.43. The van der Waals surface area contributed by atoms with Crippen LogP contribution in [0.15, 0.2) is 48.6 Å². The van der Waals surface area contributed by atoms with Gasteiger partial charge in [0.15, 0.2) is 6.10 Å². The normalized spacial score (nSPS) is 14.1. The van der Waals surface area contributed by atoms with Gasteiger partial charge in [0.05, 0.1) is 13.2 Å². The fraction of sp³-hybridized carbons (Fsp3) is 0.714. The third-order valence-electron chi connectivity index (χ3n) is 6.73. The summed E-state index contributed by atoms with van der Waals surface area (Å²) >= 11 is 0. The number of hydrogen-bond acceptors (Lipinski definition) is 8. The van der Waals surface area contributed by atoms with Crippen LogP contribution < -0.4 is 5.73 Å². The Kier molecular flexibility index (Phi) is 30.5. The summed E-state index contributed by atoms with van der Waals surface area (Å²) in [5.41, 5.74) is 5.29. The van der Waals surface area contributed by atoms with E-state index in [1.54, 1.807) is 0 Å². The van der Waals surface area contributed by atoms with Gasteiger partial charge >= 0.3 is 19.8 Å². The van der Waals surface area contributed by atoms with Gasteiger partial charge in [0, 0.05) is 19.4 Å². The Hall–Kier alpha value is -2.03. The molecule has 0 aromatic carbocycles. The minimum Gasteiger partial charge on any atom is -0.462 e. The summed E-state index contributed by atoms with van der Waals surface area (Å²) in [5, 5.41) is 0. The zero-order chi connectivity index (χ0) is 33.3. The topological polar surface area (TPSA) is 134 Å². The number of phosphoric acid groups is 1. The number of phosphoric ester groups is 1. The first-order valence-corrected chi connectivity index (χ1v) is 18.6. The molecule has 0 aliphatic carbocycles. The Labute approximate surface area is 273 Å². The van der Waals surface area contributed by atoms with E-state index in [1.165, 1.54) is 25.7 Å². The molecule has 0 radical (unpaired) electrons. The second-order valence-electron chi connectivity index (χ2n) is 11.0. The number of unbranched alkanes of at least 4 members (excludes halogenated alkanes) is 10. The highest BCUT2D eigenvalue weighted by Gasteiger charge is 2.25. The number of carbonyl (C=O) groups is 2. The standard InChI is InChI=1S/C35H62NO8P/c1-3-5-7-8-9-10-11-12-13-14-15-16-17-18-19-20-21-22-23-24-26-28-35(38)44-33(31-41-34(37)27-25-6-4-2)32-43-45(39,40)42-30-29-36/h5,7,9-10,12-13,15-16,33H,3-4,6,8,11,14,17-32,36H2,1-2H3,(H,39,40)/b7-5-,10-9-,13-12-,16-15-. The van der Waals surface area contributed by atoms with E-state index in [4.69, 9.17) is 24.3 Å². The molecule has 0 bridgehead atoms. The first kappa shape index (κ1) is 43.0. The number of allylic oxidation sites excluding steroid dienone is 8. The zero-order valence-corrected chi connectivity index (χ0v) is 29.0. The lowest BCUT2D eigenvalue weighted by Crippen LogP contribution is -2.29. The van der Waals surface area contributed by atoms with Crippen LogP contribution >= 0.6 is 7.82 Å². The van der Waals surface area contributed by atoms with Gasteiger partial charge in [0.1, 0.15) is 6.61 Å². The van der Waals surface area contributed by atoms with Crippen LogP contribution in [-0.2, 0) is 32.7 Å². The summed E-state index contributed by atoms with van der Waals surface area (Å²) in [6.45, 7) is 3.39. The molecule has 0 aliphatic rings. The van der Waals surface area contributed by atoms with E-state index in [2.05, 4.69) is 55.5 Å². The van der Waals surface area contributed by atoms with E-state index in [-0.39, 0.29) is 32.6 Å². The van der Waals surface area contributed by atoms with E-state index < -0.39 is 32.5 Å². The average molecular weight is 656 g/mol. The number of hydrogen-bond donors (Lipinski definition) is 2. The van der Waals surface area contributed by atoms with Crippen molar-refractivity contribution in [1.82, 2.24) is 0 Å². The van der Waals surface area contributed by atoms with Gasteiger partial charge in [-0.25, -0.2) is 4.57 Å². The molecule has 2 atom stereocenters. The number of rotatable bonds is 31. The van der Waals surface area contributed by atoms with Crippen molar-refractivity contribution in [1.29, 1.82) is 0 Å². The Morgan fingerprint density at radius 1 is 0.689 bits per heavy atom. The summed E-state index contributed by atoms with van der Waals surface area (Å²) in [6, 6.07) is 0. The van der Waals surface area contributed by atoms with Crippen LogP contribution in [0.2, 0.25) is 0 Å². The van der Waals surface area contributed by atoms with Crippen molar-refractivity contribution < 1.29 is 37.6 Å². The predicted molar refractivity (Wildman–Crippen MR) is 183 cm³/mol. The summed E-state index contributed by atoms with van der Waals surface area (Å²) in [5.74, 6) is -0.872. The lowest BCUT2D eigenvalue weighted by Gasteiger charge is -2.19. The van der Waals surface area contributed by atoms with Crippen molar-refractivity contribution in [3.05, 3.63) is 48.6 Å². The van der Waals surface area contributed by atoms with Crippen molar-refractivity contribution in [2.24, 2.45) is 5.73 Å². The third kappa shape index (κ3) is 31.7. The molecule has 0 fully saturated rings. The van der Waals surface area contributed by atoms with E-state index >= 15 is 0 Å². The van der Waals surface area contributed by atoms with E-state index in [1.807, 2.05) is 6.92 Å². The molecule has 3 N–H and O–H groups in total. The molecule has 0 spiro atoms. The average Bonchev–Trinajstić information content (AvgIpc) is 3.02.